The van der Waals surface area contributed by atoms with Gasteiger partial charge in [-0.15, -0.1) is 0 Å². The number of aliphatic imine (C=N–C) groups is 1. The number of benzene rings is 1. The van der Waals surface area contributed by atoms with Crippen LogP contribution < -0.4 is 4.57 Å². The van der Waals surface area contributed by atoms with Crippen molar-refractivity contribution in [1.82, 2.24) is 0 Å². The first-order chi connectivity index (χ1) is 11.5. The summed E-state index contributed by atoms with van der Waals surface area (Å²) < 4.78 is 6.56. The third kappa shape index (κ3) is 5.64. The largest absolute Gasteiger partial charge is 0.478 e. The predicted octanol–water partition coefficient (Wildman–Crippen LogP) is 2.72. The van der Waals surface area contributed by atoms with Crippen LogP contribution >= 0.6 is 0 Å². The molecule has 24 heavy (non-hydrogen) atoms. The minimum Gasteiger partial charge on any atom is -0.478 e. The van der Waals surface area contributed by atoms with Crippen molar-refractivity contribution in [3.05, 3.63) is 66.0 Å². The van der Waals surface area contributed by atoms with E-state index in [9.17, 15) is 9.59 Å². The van der Waals surface area contributed by atoms with E-state index in [-0.39, 0.29) is 18.2 Å². The van der Waals surface area contributed by atoms with E-state index < -0.39 is 12.1 Å². The van der Waals surface area contributed by atoms with E-state index in [1.165, 1.54) is 30.1 Å². The van der Waals surface area contributed by atoms with Crippen LogP contribution in [0.1, 0.15) is 22.8 Å². The van der Waals surface area contributed by atoms with E-state index >= 15 is 0 Å². The Kier molecular flexibility index (Phi) is 6.19. The maximum atomic E-state index is 11.6. The summed E-state index contributed by atoms with van der Waals surface area (Å²) in [7, 11) is 0. The lowest BCUT2D eigenvalue weighted by Gasteiger charge is -2.05. The Morgan fingerprint density at radius 2 is 1.88 bits per heavy atom. The number of hydrogen-bond donors (Lipinski definition) is 1. The molecule has 6 heteroatoms. The number of ether oxygens (including phenoxy) is 1. The van der Waals surface area contributed by atoms with Crippen molar-refractivity contribution in [3.63, 3.8) is 0 Å². The van der Waals surface area contributed by atoms with E-state index in [2.05, 4.69) is 4.99 Å². The number of carboxylic acid groups (broad SMARTS) is 1. The monoisotopic (exact) mass is 327 g/mol. The van der Waals surface area contributed by atoms with Gasteiger partial charge in [-0.25, -0.2) is 9.59 Å². The second-order valence-electron chi connectivity index (χ2n) is 5.39. The summed E-state index contributed by atoms with van der Waals surface area (Å²) in [6.07, 6.45) is 4.75. The summed E-state index contributed by atoms with van der Waals surface area (Å²) >= 11 is 0. The molecular weight excluding hydrogens is 308 g/mol. The van der Waals surface area contributed by atoms with Crippen LogP contribution in [0.5, 0.6) is 0 Å². The number of aromatic nitrogens is 1. The van der Waals surface area contributed by atoms with Gasteiger partial charge in [-0.1, -0.05) is 37.3 Å². The minimum atomic E-state index is -1.00. The topological polar surface area (TPSA) is 79.8 Å². The molecule has 0 fully saturated rings. The number of carbonyl (C=O) groups excluding carboxylic acids is 1. The molecule has 2 aromatic rings. The highest BCUT2D eigenvalue weighted by Gasteiger charge is 2.08. The minimum absolute atomic E-state index is 0.0247. The number of amides is 1. The zero-order chi connectivity index (χ0) is 17.4. The van der Waals surface area contributed by atoms with Gasteiger partial charge in [0.25, 0.3) is 6.73 Å². The summed E-state index contributed by atoms with van der Waals surface area (Å²) in [5.74, 6) is -0.890. The van der Waals surface area contributed by atoms with Crippen LogP contribution in [0.2, 0.25) is 0 Å². The Bertz CT molecular complexity index is 712. The standard InChI is InChI=1S/C18H18N2O4/c1-14(11-15-5-3-2-4-6-15)12-19-18(23)24-13-20-9-7-16(8-10-20)17(21)22/h2-10,12,14H,11,13H2,1H3/p+1/b19-12+. The van der Waals surface area contributed by atoms with E-state index in [4.69, 9.17) is 9.84 Å². The van der Waals surface area contributed by atoms with Crippen LogP contribution in [0.3, 0.4) is 0 Å². The molecule has 1 aromatic heterocycles. The molecule has 0 saturated carbocycles. The molecule has 6 nitrogen and oxygen atoms in total. The molecular formula is C18H19N2O4+. The molecule has 2 rings (SSSR count). The van der Waals surface area contributed by atoms with Crippen LogP contribution in [0.4, 0.5) is 4.79 Å². The van der Waals surface area contributed by atoms with Crippen molar-refractivity contribution >= 4 is 18.3 Å². The molecule has 0 aliphatic heterocycles. The number of nitrogens with zero attached hydrogens (tertiary/aromatic N) is 2. The van der Waals surface area contributed by atoms with Crippen molar-refractivity contribution in [3.8, 4) is 0 Å². The molecule has 1 unspecified atom stereocenters. The lowest BCUT2D eigenvalue weighted by atomic mass is 10.0. The fourth-order valence-electron chi connectivity index (χ4n) is 2.08. The Morgan fingerprint density at radius 1 is 1.21 bits per heavy atom. The van der Waals surface area contributed by atoms with Crippen LogP contribution in [-0.2, 0) is 17.9 Å². The van der Waals surface area contributed by atoms with Crippen LogP contribution in [0, 0.1) is 5.92 Å². The molecule has 1 atom stereocenters. The van der Waals surface area contributed by atoms with Gasteiger partial charge in [0.2, 0.25) is 0 Å². The Labute approximate surface area is 140 Å². The number of carboxylic acids is 1. The van der Waals surface area contributed by atoms with E-state index in [1.54, 1.807) is 10.8 Å². The summed E-state index contributed by atoms with van der Waals surface area (Å²) in [6.45, 7) is 1.95. The van der Waals surface area contributed by atoms with E-state index in [0.717, 1.165) is 6.42 Å². The molecule has 0 spiro atoms. The van der Waals surface area contributed by atoms with E-state index in [0.29, 0.717) is 0 Å². The second-order valence-corrected chi connectivity index (χ2v) is 5.39. The average molecular weight is 327 g/mol. The van der Waals surface area contributed by atoms with Gasteiger partial charge in [-0.3, -0.25) is 0 Å². The molecule has 1 heterocycles. The molecule has 0 saturated heterocycles. The average Bonchev–Trinajstić information content (AvgIpc) is 2.59. The number of pyridine rings is 1. The normalized spacial score (nSPS) is 12.0. The SMILES string of the molecule is CC(/C=N/C(=O)OC[n+]1ccc(C(=O)O)cc1)Cc1ccccc1. The molecule has 0 aliphatic carbocycles. The number of carbonyl (C=O) groups is 2. The lowest BCUT2D eigenvalue weighted by molar-refractivity contribution is -0.727. The van der Waals surface area contributed by atoms with Gasteiger partial charge in [0.1, 0.15) is 0 Å². The van der Waals surface area contributed by atoms with Gasteiger partial charge in [0.05, 0.1) is 5.56 Å². The first kappa shape index (κ1) is 17.3. The molecule has 0 bridgehead atoms. The number of aromatic carboxylic acids is 1. The number of rotatable bonds is 6. The third-order valence-electron chi connectivity index (χ3n) is 3.31. The molecule has 1 aromatic carbocycles. The summed E-state index contributed by atoms with van der Waals surface area (Å²) in [5.41, 5.74) is 1.35. The second kappa shape index (κ2) is 8.57. The Hall–Kier alpha value is -3.02. The third-order valence-corrected chi connectivity index (χ3v) is 3.31. The van der Waals surface area contributed by atoms with Gasteiger partial charge in [-0.2, -0.15) is 9.56 Å². The van der Waals surface area contributed by atoms with Crippen LogP contribution in [0.15, 0.2) is 59.9 Å². The lowest BCUT2D eigenvalue weighted by Crippen LogP contribution is -2.35. The van der Waals surface area contributed by atoms with Crippen LogP contribution in [0.25, 0.3) is 0 Å². The first-order valence-electron chi connectivity index (χ1n) is 7.52. The maximum absolute atomic E-state index is 11.6. The van der Waals surface area contributed by atoms with Gasteiger partial charge < -0.3 is 9.84 Å². The zero-order valence-electron chi connectivity index (χ0n) is 13.3. The Morgan fingerprint density at radius 3 is 2.50 bits per heavy atom. The highest BCUT2D eigenvalue weighted by atomic mass is 16.6. The molecule has 1 N–H and O–H groups in total. The number of hydrogen-bond acceptors (Lipinski definition) is 3. The van der Waals surface area contributed by atoms with Gasteiger partial charge in [-0.05, 0) is 17.9 Å². The summed E-state index contributed by atoms with van der Waals surface area (Å²) in [4.78, 5) is 26.2. The quantitative estimate of drug-likeness (QED) is 0.653. The summed E-state index contributed by atoms with van der Waals surface area (Å²) in [6, 6.07) is 12.8. The van der Waals surface area contributed by atoms with Crippen molar-refractivity contribution in [2.75, 3.05) is 0 Å². The highest BCUT2D eigenvalue weighted by Crippen LogP contribution is 2.06. The molecule has 0 aliphatic rings. The predicted molar refractivity (Wildman–Crippen MR) is 87.9 cm³/mol. The highest BCUT2D eigenvalue weighted by molar-refractivity contribution is 5.87. The van der Waals surface area contributed by atoms with Crippen LogP contribution in [-0.4, -0.2) is 23.4 Å². The summed E-state index contributed by atoms with van der Waals surface area (Å²) in [5, 5.41) is 8.81. The smallest absolute Gasteiger partial charge is 0.438 e. The zero-order valence-corrected chi connectivity index (χ0v) is 13.3. The fourth-order valence-corrected chi connectivity index (χ4v) is 2.08. The maximum Gasteiger partial charge on any atom is 0.438 e. The molecule has 0 radical (unpaired) electrons. The van der Waals surface area contributed by atoms with Crippen molar-refractivity contribution in [1.29, 1.82) is 0 Å². The van der Waals surface area contributed by atoms with Crippen molar-refractivity contribution < 1.29 is 24.0 Å². The van der Waals surface area contributed by atoms with Gasteiger partial charge >= 0.3 is 12.1 Å². The van der Waals surface area contributed by atoms with Gasteiger partial charge in [0.15, 0.2) is 12.4 Å². The van der Waals surface area contributed by atoms with Crippen molar-refractivity contribution in [2.24, 2.45) is 10.9 Å². The molecule has 124 valence electrons. The van der Waals surface area contributed by atoms with E-state index in [1.807, 2.05) is 37.3 Å². The Balaban J connectivity index is 1.78. The first-order valence-corrected chi connectivity index (χ1v) is 7.52. The van der Waals surface area contributed by atoms with Gasteiger partial charge in [0, 0.05) is 18.3 Å². The molecule has 1 amide bonds. The fraction of sp³-hybridized carbons (Fsp3) is 0.222. The van der Waals surface area contributed by atoms with Crippen molar-refractivity contribution in [2.45, 2.75) is 20.1 Å².